The fourth-order valence-electron chi connectivity index (χ4n) is 2.38. The molecule has 1 aliphatic carbocycles. The van der Waals surface area contributed by atoms with Crippen molar-refractivity contribution in [3.8, 4) is 0 Å². The highest BCUT2D eigenvalue weighted by atomic mass is 28.3. The van der Waals surface area contributed by atoms with E-state index in [4.69, 9.17) is 5.48 Å². The van der Waals surface area contributed by atoms with Crippen molar-refractivity contribution in [3.63, 3.8) is 0 Å². The van der Waals surface area contributed by atoms with Gasteiger partial charge in [-0.15, -0.1) is 0 Å². The van der Waals surface area contributed by atoms with Gasteiger partial charge in [-0.05, 0) is 24.7 Å². The highest BCUT2D eigenvalue weighted by molar-refractivity contribution is 6.81. The van der Waals surface area contributed by atoms with Crippen LogP contribution in [0.5, 0.6) is 0 Å². The molecule has 0 heterocycles. The molecule has 0 nitrogen and oxygen atoms in total. The molecule has 0 aliphatic heterocycles. The lowest BCUT2D eigenvalue weighted by Crippen LogP contribution is -2.25. The molecule has 0 saturated heterocycles. The summed E-state index contributed by atoms with van der Waals surface area (Å²) in [7, 11) is -3.37. The van der Waals surface area contributed by atoms with Gasteiger partial charge in [0.25, 0.3) is 0 Å². The quantitative estimate of drug-likeness (QED) is 0.574. The molecule has 0 aromatic heterocycles. The van der Waals surface area contributed by atoms with Gasteiger partial charge >= 0.3 is 0 Å². The van der Waals surface area contributed by atoms with Gasteiger partial charge in [-0.25, -0.2) is 0 Å². The molecule has 0 bridgehead atoms. The van der Waals surface area contributed by atoms with E-state index in [1.54, 1.807) is 0 Å². The average Bonchev–Trinajstić information content (AvgIpc) is 2.42. The van der Waals surface area contributed by atoms with E-state index in [9.17, 15) is 0 Å². The van der Waals surface area contributed by atoms with Crippen molar-refractivity contribution in [2.75, 3.05) is 0 Å². The molecule has 0 amide bonds. The van der Waals surface area contributed by atoms with Crippen LogP contribution in [0, 0.1) is 11.8 Å². The Bertz CT molecular complexity index is 426. The van der Waals surface area contributed by atoms with Crippen molar-refractivity contribution < 1.29 is 5.48 Å². The lowest BCUT2D eigenvalue weighted by molar-refractivity contribution is 0.489. The first kappa shape index (κ1) is 10.7. The number of hydrogen-bond donors (Lipinski definition) is 0. The van der Waals surface area contributed by atoms with Gasteiger partial charge in [0.05, 0.1) is 18.9 Å². The molecule has 104 valence electrons. The van der Waals surface area contributed by atoms with Crippen LogP contribution in [0.25, 0.3) is 0 Å². The molecule has 0 aromatic carbocycles. The lowest BCUT2D eigenvalue weighted by atomic mass is 9.78. The Balaban J connectivity index is 3.33. The van der Waals surface area contributed by atoms with Crippen LogP contribution in [0.3, 0.4) is 0 Å². The molecule has 0 aromatic rings. The summed E-state index contributed by atoms with van der Waals surface area (Å²) >= 11 is 0. The maximum atomic E-state index is 8.56. The van der Waals surface area contributed by atoms with Crippen LogP contribution >= 0.6 is 0 Å². The third-order valence-corrected chi connectivity index (χ3v) is 5.13. The molecule has 2 unspecified atom stereocenters. The van der Waals surface area contributed by atoms with E-state index in [0.717, 1.165) is 35.3 Å². The first-order valence-electron chi connectivity index (χ1n) is 9.33. The van der Waals surface area contributed by atoms with E-state index >= 15 is 0 Å². The maximum Gasteiger partial charge on any atom is 0.0686 e. The summed E-state index contributed by atoms with van der Waals surface area (Å²) in [6.45, 7) is 13.7. The van der Waals surface area contributed by atoms with Crippen molar-refractivity contribution in [2.45, 2.75) is 65.9 Å². The molecule has 1 fully saturated rings. The van der Waals surface area contributed by atoms with E-state index in [-0.39, 0.29) is 11.8 Å². The SMILES string of the molecule is [2H]CC1C/C(=C(/[2H])[Si](C)(C)C)C(C[2H])C/C1=C(/[2H])[Si](C)(C)C. The first-order valence-corrected chi connectivity index (χ1v) is 13.9. The minimum atomic E-state index is -1.69. The zero-order valence-electron chi connectivity index (χ0n) is 17.0. The van der Waals surface area contributed by atoms with E-state index in [1.807, 2.05) is 0 Å². The van der Waals surface area contributed by atoms with Crippen molar-refractivity contribution in [2.24, 2.45) is 11.8 Å². The van der Waals surface area contributed by atoms with Crippen LogP contribution in [-0.2, 0) is 0 Å². The Hall–Kier alpha value is -0.0862. The van der Waals surface area contributed by atoms with Gasteiger partial charge in [0.2, 0.25) is 0 Å². The predicted octanol–water partition coefficient (Wildman–Crippen LogP) is 5.66. The lowest BCUT2D eigenvalue weighted by Gasteiger charge is -2.33. The van der Waals surface area contributed by atoms with Crippen LogP contribution in [0.15, 0.2) is 22.5 Å². The molecule has 2 atom stereocenters. The minimum absolute atomic E-state index is 0.0914. The Labute approximate surface area is 122 Å². The summed E-state index contributed by atoms with van der Waals surface area (Å²) in [4.78, 5) is 0. The van der Waals surface area contributed by atoms with Crippen molar-refractivity contribution in [1.29, 1.82) is 0 Å². The van der Waals surface area contributed by atoms with E-state index in [2.05, 4.69) is 39.3 Å². The molecular formula is C16H32Si2. The zero-order chi connectivity index (χ0) is 17.3. The normalized spacial score (nSPS) is 35.2. The third kappa shape index (κ3) is 5.27. The monoisotopic (exact) mass is 284 g/mol. The molecule has 1 saturated carbocycles. The standard InChI is InChI=1S/C16H32Si2/c1-13-9-16(12-18(6,7)8)14(2)10-15(13)11-17(3,4)5/h11-14H,9-10H2,1-8H3/b15-11+,16-12+/i1D,2D,11D,12D. The minimum Gasteiger partial charge on any atom is -0.0955 e. The number of allylic oxidation sites excluding steroid dienone is 2. The Morgan fingerprint density at radius 1 is 0.889 bits per heavy atom. The molecule has 2 heteroatoms. The highest BCUT2D eigenvalue weighted by Crippen LogP contribution is 2.38. The zero-order valence-corrected chi connectivity index (χ0v) is 15.0. The van der Waals surface area contributed by atoms with Gasteiger partial charge in [-0.3, -0.25) is 0 Å². The number of hydrogen-bond acceptors (Lipinski definition) is 0. The maximum absolute atomic E-state index is 8.56. The first-order chi connectivity index (χ1) is 9.93. The van der Waals surface area contributed by atoms with Gasteiger partial charge in [-0.1, -0.05) is 75.6 Å². The Morgan fingerprint density at radius 2 is 1.22 bits per heavy atom. The van der Waals surface area contributed by atoms with Crippen molar-refractivity contribution in [1.82, 2.24) is 0 Å². The fourth-order valence-corrected chi connectivity index (χ4v) is 4.92. The predicted molar refractivity (Wildman–Crippen MR) is 90.4 cm³/mol. The van der Waals surface area contributed by atoms with Gasteiger partial charge < -0.3 is 0 Å². The van der Waals surface area contributed by atoms with Crippen LogP contribution < -0.4 is 0 Å². The molecule has 0 radical (unpaired) electrons. The second-order valence-electron chi connectivity index (χ2n) is 7.60. The Kier molecular flexibility index (Phi) is 3.26. The fraction of sp³-hybridized carbons (Fsp3) is 0.750. The summed E-state index contributed by atoms with van der Waals surface area (Å²) in [5.74, 6) is 0.183. The second kappa shape index (κ2) is 5.50. The topological polar surface area (TPSA) is 0 Å². The smallest absolute Gasteiger partial charge is 0.0686 e. The summed E-state index contributed by atoms with van der Waals surface area (Å²) in [6.07, 6.45) is 1.47. The molecule has 0 N–H and O–H groups in total. The molecular weight excluding hydrogens is 248 g/mol. The van der Waals surface area contributed by atoms with Crippen LogP contribution in [0.4, 0.5) is 0 Å². The van der Waals surface area contributed by atoms with Crippen LogP contribution in [0.1, 0.15) is 32.1 Å². The largest absolute Gasteiger partial charge is 0.0955 e. The van der Waals surface area contributed by atoms with Gasteiger partial charge in [-0.2, -0.15) is 0 Å². The summed E-state index contributed by atoms with van der Waals surface area (Å²) in [5, 5.41) is 0. The van der Waals surface area contributed by atoms with E-state index in [0.29, 0.717) is 13.8 Å². The summed E-state index contributed by atoms with van der Waals surface area (Å²) in [5.41, 5.74) is 3.81. The summed E-state index contributed by atoms with van der Waals surface area (Å²) in [6, 6.07) is 0. The van der Waals surface area contributed by atoms with Gasteiger partial charge in [0, 0.05) is 2.74 Å². The Morgan fingerprint density at radius 3 is 1.44 bits per heavy atom. The average molecular weight is 285 g/mol. The summed E-state index contributed by atoms with van der Waals surface area (Å²) < 4.78 is 32.9. The van der Waals surface area contributed by atoms with Gasteiger partial charge in [0.1, 0.15) is 0 Å². The molecule has 18 heavy (non-hydrogen) atoms. The van der Waals surface area contributed by atoms with Crippen molar-refractivity contribution >= 4 is 16.1 Å². The molecule has 1 rings (SSSR count). The third-order valence-electron chi connectivity index (χ3n) is 2.99. The highest BCUT2D eigenvalue weighted by Gasteiger charge is 2.26. The van der Waals surface area contributed by atoms with Crippen LogP contribution in [-0.4, -0.2) is 16.1 Å². The number of rotatable bonds is 2. The van der Waals surface area contributed by atoms with E-state index < -0.39 is 16.1 Å². The molecule has 1 aliphatic rings. The van der Waals surface area contributed by atoms with E-state index in [1.165, 1.54) is 0 Å². The van der Waals surface area contributed by atoms with Crippen LogP contribution in [0.2, 0.25) is 39.3 Å². The molecule has 0 spiro atoms. The van der Waals surface area contributed by atoms with Crippen molar-refractivity contribution in [3.05, 3.63) is 22.5 Å². The second-order valence-corrected chi connectivity index (χ2v) is 17.1. The van der Waals surface area contributed by atoms with Gasteiger partial charge in [0.15, 0.2) is 0 Å².